The van der Waals surface area contributed by atoms with Crippen LogP contribution >= 0.6 is 23.2 Å². The Bertz CT molecular complexity index is 282. The molecule has 1 aromatic rings. The lowest BCUT2D eigenvalue weighted by atomic mass is 10.2. The molecule has 1 rings (SSSR count). The second-order valence-corrected chi connectivity index (χ2v) is 4.13. The van der Waals surface area contributed by atoms with Gasteiger partial charge >= 0.3 is 0 Å². The number of rotatable bonds is 4. The number of pyridine rings is 1. The third-order valence-corrected chi connectivity index (χ3v) is 2.54. The minimum atomic E-state index is 0.373. The van der Waals surface area contributed by atoms with Gasteiger partial charge in [-0.25, -0.2) is 0 Å². The summed E-state index contributed by atoms with van der Waals surface area (Å²) in [5, 5.41) is 4.42. The molecule has 0 fully saturated rings. The molecule has 0 aliphatic carbocycles. The number of hydrogen-bond donors (Lipinski definition) is 1. The molecule has 1 atom stereocenters. The van der Waals surface area contributed by atoms with Gasteiger partial charge in [0, 0.05) is 18.4 Å². The maximum absolute atomic E-state index is 5.96. The molecular formula is C10H14Cl2N2. The Morgan fingerprint density at radius 3 is 2.43 bits per heavy atom. The average molecular weight is 233 g/mol. The van der Waals surface area contributed by atoms with Crippen LogP contribution in [0.2, 0.25) is 10.0 Å². The number of halogens is 2. The van der Waals surface area contributed by atoms with Crippen LogP contribution in [0.15, 0.2) is 12.4 Å². The van der Waals surface area contributed by atoms with Crippen molar-refractivity contribution >= 4 is 28.9 Å². The average Bonchev–Trinajstić information content (AvgIpc) is 2.12. The van der Waals surface area contributed by atoms with Gasteiger partial charge in [0.05, 0.1) is 15.7 Å². The van der Waals surface area contributed by atoms with Gasteiger partial charge in [-0.15, -0.1) is 0 Å². The van der Waals surface area contributed by atoms with Crippen molar-refractivity contribution in [2.45, 2.75) is 32.7 Å². The number of anilines is 1. The fourth-order valence-electron chi connectivity index (χ4n) is 1.30. The van der Waals surface area contributed by atoms with Gasteiger partial charge in [0.15, 0.2) is 0 Å². The van der Waals surface area contributed by atoms with Gasteiger partial charge in [-0.2, -0.15) is 0 Å². The molecule has 0 aliphatic heterocycles. The van der Waals surface area contributed by atoms with Crippen LogP contribution in [0.25, 0.3) is 0 Å². The molecule has 0 saturated carbocycles. The first kappa shape index (κ1) is 11.6. The van der Waals surface area contributed by atoms with E-state index in [1.165, 1.54) is 0 Å². The van der Waals surface area contributed by atoms with Gasteiger partial charge in [-0.1, -0.05) is 36.5 Å². The SMILES string of the molecule is CCC[C@@H](C)Nc1c(Cl)cncc1Cl. The van der Waals surface area contributed by atoms with Crippen molar-refractivity contribution in [1.29, 1.82) is 0 Å². The molecular weight excluding hydrogens is 219 g/mol. The standard InChI is InChI=1S/C10H14Cl2N2/c1-3-4-7(2)14-10-8(11)5-13-6-9(10)12/h5-7H,3-4H2,1-2H3,(H,13,14)/t7-/m1/s1. The molecule has 0 spiro atoms. The van der Waals surface area contributed by atoms with Gasteiger partial charge in [-0.3, -0.25) is 4.98 Å². The summed E-state index contributed by atoms with van der Waals surface area (Å²) in [4.78, 5) is 3.89. The van der Waals surface area contributed by atoms with Crippen molar-refractivity contribution in [3.63, 3.8) is 0 Å². The van der Waals surface area contributed by atoms with Crippen molar-refractivity contribution < 1.29 is 0 Å². The smallest absolute Gasteiger partial charge is 0.0836 e. The quantitative estimate of drug-likeness (QED) is 0.850. The monoisotopic (exact) mass is 232 g/mol. The zero-order valence-corrected chi connectivity index (χ0v) is 9.86. The second-order valence-electron chi connectivity index (χ2n) is 3.31. The highest BCUT2D eigenvalue weighted by atomic mass is 35.5. The molecule has 1 N–H and O–H groups in total. The second kappa shape index (κ2) is 5.42. The molecule has 78 valence electrons. The first-order chi connectivity index (χ1) is 6.65. The summed E-state index contributed by atoms with van der Waals surface area (Å²) in [6, 6.07) is 0.373. The van der Waals surface area contributed by atoms with E-state index in [4.69, 9.17) is 23.2 Å². The van der Waals surface area contributed by atoms with Crippen molar-refractivity contribution in [3.8, 4) is 0 Å². The first-order valence-corrected chi connectivity index (χ1v) is 5.46. The lowest BCUT2D eigenvalue weighted by Gasteiger charge is -2.16. The van der Waals surface area contributed by atoms with Crippen LogP contribution in [0.5, 0.6) is 0 Å². The highest BCUT2D eigenvalue weighted by Crippen LogP contribution is 2.29. The number of aromatic nitrogens is 1. The van der Waals surface area contributed by atoms with E-state index in [1.807, 2.05) is 0 Å². The van der Waals surface area contributed by atoms with Gasteiger partial charge in [-0.05, 0) is 13.3 Å². The van der Waals surface area contributed by atoms with E-state index >= 15 is 0 Å². The predicted molar refractivity (Wildman–Crippen MR) is 62.2 cm³/mol. The predicted octanol–water partition coefficient (Wildman–Crippen LogP) is 3.99. The number of hydrogen-bond acceptors (Lipinski definition) is 2. The summed E-state index contributed by atoms with van der Waals surface area (Å²) in [6.45, 7) is 4.25. The van der Waals surface area contributed by atoms with Gasteiger partial charge in [0.2, 0.25) is 0 Å². The summed E-state index contributed by atoms with van der Waals surface area (Å²) < 4.78 is 0. The van der Waals surface area contributed by atoms with E-state index < -0.39 is 0 Å². The van der Waals surface area contributed by atoms with Crippen LogP contribution in [0.1, 0.15) is 26.7 Å². The Morgan fingerprint density at radius 1 is 1.36 bits per heavy atom. The summed E-state index contributed by atoms with van der Waals surface area (Å²) >= 11 is 11.9. The lowest BCUT2D eigenvalue weighted by Crippen LogP contribution is -2.15. The van der Waals surface area contributed by atoms with Crippen LogP contribution in [0, 0.1) is 0 Å². The van der Waals surface area contributed by atoms with E-state index in [2.05, 4.69) is 24.1 Å². The topological polar surface area (TPSA) is 24.9 Å². The van der Waals surface area contributed by atoms with Gasteiger partial charge < -0.3 is 5.32 Å². The first-order valence-electron chi connectivity index (χ1n) is 4.70. The van der Waals surface area contributed by atoms with E-state index in [0.717, 1.165) is 18.5 Å². The van der Waals surface area contributed by atoms with Gasteiger partial charge in [0.25, 0.3) is 0 Å². The molecule has 1 aromatic heterocycles. The van der Waals surface area contributed by atoms with Crippen molar-refractivity contribution in [2.24, 2.45) is 0 Å². The summed E-state index contributed by atoms with van der Waals surface area (Å²) in [5.41, 5.74) is 0.782. The Kier molecular flexibility index (Phi) is 4.49. The van der Waals surface area contributed by atoms with E-state index in [0.29, 0.717) is 16.1 Å². The minimum Gasteiger partial charge on any atom is -0.380 e. The molecule has 2 nitrogen and oxygen atoms in total. The normalized spacial score (nSPS) is 12.6. The largest absolute Gasteiger partial charge is 0.380 e. The van der Waals surface area contributed by atoms with Crippen LogP contribution in [-0.2, 0) is 0 Å². The number of nitrogens with one attached hydrogen (secondary N) is 1. The zero-order valence-electron chi connectivity index (χ0n) is 8.35. The van der Waals surface area contributed by atoms with E-state index in [1.54, 1.807) is 12.4 Å². The van der Waals surface area contributed by atoms with E-state index in [9.17, 15) is 0 Å². The molecule has 4 heteroatoms. The minimum absolute atomic E-state index is 0.373. The lowest BCUT2D eigenvalue weighted by molar-refractivity contribution is 0.690. The van der Waals surface area contributed by atoms with Crippen LogP contribution in [0.4, 0.5) is 5.69 Å². The summed E-state index contributed by atoms with van der Waals surface area (Å²) in [7, 11) is 0. The van der Waals surface area contributed by atoms with Crippen molar-refractivity contribution in [2.75, 3.05) is 5.32 Å². The fourth-order valence-corrected chi connectivity index (χ4v) is 1.77. The molecule has 0 saturated heterocycles. The van der Waals surface area contributed by atoms with Crippen molar-refractivity contribution in [3.05, 3.63) is 22.4 Å². The molecule has 0 unspecified atom stereocenters. The molecule has 0 aliphatic rings. The molecule has 1 heterocycles. The van der Waals surface area contributed by atoms with Crippen LogP contribution in [-0.4, -0.2) is 11.0 Å². The van der Waals surface area contributed by atoms with Gasteiger partial charge in [0.1, 0.15) is 0 Å². The zero-order chi connectivity index (χ0) is 10.6. The van der Waals surface area contributed by atoms with Crippen LogP contribution < -0.4 is 5.32 Å². The maximum atomic E-state index is 5.96. The Balaban J connectivity index is 2.75. The maximum Gasteiger partial charge on any atom is 0.0836 e. The highest BCUT2D eigenvalue weighted by molar-refractivity contribution is 6.38. The Morgan fingerprint density at radius 2 is 1.93 bits per heavy atom. The molecule has 14 heavy (non-hydrogen) atoms. The van der Waals surface area contributed by atoms with Crippen LogP contribution in [0.3, 0.4) is 0 Å². The number of nitrogens with zero attached hydrogens (tertiary/aromatic N) is 1. The molecule has 0 amide bonds. The molecule has 0 radical (unpaired) electrons. The highest BCUT2D eigenvalue weighted by Gasteiger charge is 2.08. The van der Waals surface area contributed by atoms with Crippen molar-refractivity contribution in [1.82, 2.24) is 4.98 Å². The molecule has 0 bridgehead atoms. The fraction of sp³-hybridized carbons (Fsp3) is 0.500. The molecule has 0 aromatic carbocycles. The Labute approximate surface area is 94.6 Å². The third kappa shape index (κ3) is 3.03. The summed E-state index contributed by atoms with van der Waals surface area (Å²) in [5.74, 6) is 0. The third-order valence-electron chi connectivity index (χ3n) is 1.97. The van der Waals surface area contributed by atoms with E-state index in [-0.39, 0.29) is 0 Å². The summed E-state index contributed by atoms with van der Waals surface area (Å²) in [6.07, 6.45) is 5.41. The Hall–Kier alpha value is -0.470.